The third-order valence-corrected chi connectivity index (χ3v) is 4.23. The molecule has 6 heteroatoms. The van der Waals surface area contributed by atoms with E-state index in [4.69, 9.17) is 9.63 Å². The molecule has 2 aromatic rings. The number of carbonyl (C=O) groups is 2. The number of nitrogens with one attached hydrogen (secondary N) is 1. The maximum absolute atomic E-state index is 12.5. The van der Waals surface area contributed by atoms with Gasteiger partial charge in [0.15, 0.2) is 5.69 Å². The van der Waals surface area contributed by atoms with Gasteiger partial charge in [-0.2, -0.15) is 0 Å². The first kappa shape index (κ1) is 16.2. The molecular weight excluding hydrogens is 308 g/mol. The van der Waals surface area contributed by atoms with Crippen molar-refractivity contribution < 1.29 is 19.2 Å². The van der Waals surface area contributed by atoms with Crippen molar-refractivity contribution in [3.63, 3.8) is 0 Å². The monoisotopic (exact) mass is 328 g/mol. The van der Waals surface area contributed by atoms with E-state index in [1.807, 2.05) is 6.07 Å². The Labute approximate surface area is 139 Å². The summed E-state index contributed by atoms with van der Waals surface area (Å²) in [6.45, 7) is 0. The summed E-state index contributed by atoms with van der Waals surface area (Å²) in [5.74, 6) is -0.292. The Balaban J connectivity index is 1.72. The van der Waals surface area contributed by atoms with Crippen LogP contribution in [0.25, 0.3) is 0 Å². The van der Waals surface area contributed by atoms with E-state index in [0.29, 0.717) is 17.8 Å². The van der Waals surface area contributed by atoms with Crippen molar-refractivity contribution in [2.24, 2.45) is 0 Å². The van der Waals surface area contributed by atoms with Crippen LogP contribution in [0.4, 0.5) is 5.69 Å². The smallest absolute Gasteiger partial charge is 0.303 e. The van der Waals surface area contributed by atoms with Crippen LogP contribution >= 0.6 is 0 Å². The highest BCUT2D eigenvalue weighted by atomic mass is 16.5. The number of aryl methyl sites for hydroxylation is 2. The molecule has 1 aromatic heterocycles. The Morgan fingerprint density at radius 2 is 2.04 bits per heavy atom. The zero-order valence-corrected chi connectivity index (χ0v) is 13.4. The normalized spacial score (nSPS) is 13.8. The first-order valence-corrected chi connectivity index (χ1v) is 8.23. The minimum atomic E-state index is -0.838. The highest BCUT2D eigenvalue weighted by Crippen LogP contribution is 2.24. The van der Waals surface area contributed by atoms with Crippen molar-refractivity contribution >= 4 is 17.6 Å². The van der Waals surface area contributed by atoms with Gasteiger partial charge in [-0.15, -0.1) is 0 Å². The van der Waals surface area contributed by atoms with Crippen LogP contribution in [-0.2, 0) is 24.1 Å². The number of carboxylic acid groups (broad SMARTS) is 1. The molecule has 1 aromatic carbocycles. The van der Waals surface area contributed by atoms with Gasteiger partial charge in [-0.3, -0.25) is 9.59 Å². The fourth-order valence-corrected chi connectivity index (χ4v) is 2.99. The average Bonchev–Trinajstić information content (AvgIpc) is 2.82. The SMILES string of the molecule is O=C(O)CCc1cccc(NC(=O)c2noc3c2CCCCC3)c1. The second-order valence-electron chi connectivity index (χ2n) is 6.04. The van der Waals surface area contributed by atoms with Gasteiger partial charge in [-0.05, 0) is 43.4 Å². The number of hydrogen-bond donors (Lipinski definition) is 2. The molecule has 0 bridgehead atoms. The average molecular weight is 328 g/mol. The number of carbonyl (C=O) groups excluding carboxylic acids is 1. The van der Waals surface area contributed by atoms with E-state index < -0.39 is 5.97 Å². The lowest BCUT2D eigenvalue weighted by Crippen LogP contribution is -2.14. The first-order valence-electron chi connectivity index (χ1n) is 8.23. The summed E-state index contributed by atoms with van der Waals surface area (Å²) in [5.41, 5.74) is 2.79. The van der Waals surface area contributed by atoms with Crippen LogP contribution in [0.3, 0.4) is 0 Å². The summed E-state index contributed by atoms with van der Waals surface area (Å²) in [4.78, 5) is 23.2. The Hall–Kier alpha value is -2.63. The number of aromatic nitrogens is 1. The lowest BCUT2D eigenvalue weighted by atomic mass is 10.1. The van der Waals surface area contributed by atoms with E-state index in [2.05, 4.69) is 10.5 Å². The molecule has 0 atom stereocenters. The Kier molecular flexibility index (Phi) is 4.93. The molecule has 0 fully saturated rings. The highest BCUT2D eigenvalue weighted by Gasteiger charge is 2.23. The number of carboxylic acids is 1. The van der Waals surface area contributed by atoms with Crippen molar-refractivity contribution in [2.75, 3.05) is 5.32 Å². The van der Waals surface area contributed by atoms with E-state index in [1.165, 1.54) is 0 Å². The second kappa shape index (κ2) is 7.29. The van der Waals surface area contributed by atoms with E-state index in [-0.39, 0.29) is 12.3 Å². The third kappa shape index (κ3) is 3.82. The van der Waals surface area contributed by atoms with Crippen LogP contribution < -0.4 is 5.32 Å². The van der Waals surface area contributed by atoms with E-state index >= 15 is 0 Å². The molecule has 0 radical (unpaired) electrons. The quantitative estimate of drug-likeness (QED) is 0.822. The zero-order chi connectivity index (χ0) is 16.9. The van der Waals surface area contributed by atoms with Crippen molar-refractivity contribution in [3.8, 4) is 0 Å². The number of nitrogens with zero attached hydrogens (tertiary/aromatic N) is 1. The molecule has 1 amide bonds. The molecule has 0 saturated heterocycles. The first-order chi connectivity index (χ1) is 11.6. The standard InChI is InChI=1S/C18H20N2O4/c21-16(22)10-9-12-5-4-6-13(11-12)19-18(23)17-14-7-2-1-3-8-15(14)24-20-17/h4-6,11H,1-3,7-10H2,(H,19,23)(H,21,22). The fraction of sp³-hybridized carbons (Fsp3) is 0.389. The molecular formula is C18H20N2O4. The minimum absolute atomic E-state index is 0.0637. The van der Waals surface area contributed by atoms with Crippen molar-refractivity contribution in [1.29, 1.82) is 0 Å². The Bertz CT molecular complexity index is 751. The number of rotatable bonds is 5. The molecule has 24 heavy (non-hydrogen) atoms. The molecule has 126 valence electrons. The molecule has 0 spiro atoms. The minimum Gasteiger partial charge on any atom is -0.481 e. The molecule has 3 rings (SSSR count). The number of aliphatic carboxylic acids is 1. The van der Waals surface area contributed by atoms with Gasteiger partial charge in [0.2, 0.25) is 0 Å². The van der Waals surface area contributed by atoms with Gasteiger partial charge in [0, 0.05) is 24.1 Å². The van der Waals surface area contributed by atoms with Crippen molar-refractivity contribution in [3.05, 3.63) is 46.8 Å². The molecule has 1 aliphatic carbocycles. The lowest BCUT2D eigenvalue weighted by molar-refractivity contribution is -0.136. The number of fused-ring (bicyclic) bond motifs is 1. The molecule has 6 nitrogen and oxygen atoms in total. The van der Waals surface area contributed by atoms with Gasteiger partial charge in [0.25, 0.3) is 5.91 Å². The highest BCUT2D eigenvalue weighted by molar-refractivity contribution is 6.04. The van der Waals surface area contributed by atoms with Crippen LogP contribution in [0.5, 0.6) is 0 Å². The largest absolute Gasteiger partial charge is 0.481 e. The second-order valence-corrected chi connectivity index (χ2v) is 6.04. The Morgan fingerprint density at radius 3 is 2.88 bits per heavy atom. The third-order valence-electron chi connectivity index (χ3n) is 4.23. The molecule has 2 N–H and O–H groups in total. The topological polar surface area (TPSA) is 92.4 Å². The summed E-state index contributed by atoms with van der Waals surface area (Å²) in [5, 5.41) is 15.5. The van der Waals surface area contributed by atoms with E-state index in [9.17, 15) is 9.59 Å². The summed E-state index contributed by atoms with van der Waals surface area (Å²) in [6, 6.07) is 7.22. The number of benzene rings is 1. The van der Waals surface area contributed by atoms with Crippen LogP contribution in [0.2, 0.25) is 0 Å². The predicted molar refractivity (Wildman–Crippen MR) is 88.1 cm³/mol. The molecule has 0 unspecified atom stereocenters. The molecule has 0 aliphatic heterocycles. The summed E-state index contributed by atoms with van der Waals surface area (Å²) in [6.07, 6.45) is 5.39. The molecule has 1 heterocycles. The number of amides is 1. The summed E-state index contributed by atoms with van der Waals surface area (Å²) in [7, 11) is 0. The van der Waals surface area contributed by atoms with Crippen LogP contribution in [-0.4, -0.2) is 22.1 Å². The maximum atomic E-state index is 12.5. The molecule has 0 saturated carbocycles. The Morgan fingerprint density at radius 1 is 1.21 bits per heavy atom. The van der Waals surface area contributed by atoms with Crippen LogP contribution in [0, 0.1) is 0 Å². The summed E-state index contributed by atoms with van der Waals surface area (Å²) < 4.78 is 5.34. The maximum Gasteiger partial charge on any atom is 0.303 e. The number of hydrogen-bond acceptors (Lipinski definition) is 4. The van der Waals surface area contributed by atoms with Crippen LogP contribution in [0.1, 0.15) is 53.1 Å². The predicted octanol–water partition coefficient (Wildman–Crippen LogP) is 3.21. The van der Waals surface area contributed by atoms with Gasteiger partial charge in [-0.1, -0.05) is 23.7 Å². The molecule has 1 aliphatic rings. The van der Waals surface area contributed by atoms with Gasteiger partial charge in [-0.25, -0.2) is 0 Å². The van der Waals surface area contributed by atoms with E-state index in [1.54, 1.807) is 18.2 Å². The van der Waals surface area contributed by atoms with Gasteiger partial charge < -0.3 is 14.9 Å². The number of anilines is 1. The fourth-order valence-electron chi connectivity index (χ4n) is 2.99. The summed E-state index contributed by atoms with van der Waals surface area (Å²) >= 11 is 0. The van der Waals surface area contributed by atoms with Gasteiger partial charge in [0.05, 0.1) is 0 Å². The van der Waals surface area contributed by atoms with Gasteiger partial charge >= 0.3 is 5.97 Å². The zero-order valence-electron chi connectivity index (χ0n) is 13.4. The van der Waals surface area contributed by atoms with Crippen LogP contribution in [0.15, 0.2) is 28.8 Å². The van der Waals surface area contributed by atoms with E-state index in [0.717, 1.165) is 49.0 Å². The van der Waals surface area contributed by atoms with Crippen molar-refractivity contribution in [2.45, 2.75) is 44.9 Å². The lowest BCUT2D eigenvalue weighted by Gasteiger charge is -2.06. The van der Waals surface area contributed by atoms with Crippen molar-refractivity contribution in [1.82, 2.24) is 5.16 Å². The van der Waals surface area contributed by atoms with Gasteiger partial charge in [0.1, 0.15) is 5.76 Å².